The Morgan fingerprint density at radius 3 is 2.60 bits per heavy atom. The molecule has 0 atom stereocenters. The highest BCUT2D eigenvalue weighted by Crippen LogP contribution is 2.19. The molecule has 0 spiro atoms. The maximum absolute atomic E-state index is 11.3. The molecular weight excluding hydrogens is 274 g/mol. The fourth-order valence-electron chi connectivity index (χ4n) is 1.43. The van der Waals surface area contributed by atoms with E-state index in [1.165, 1.54) is 11.8 Å². The zero-order valence-electron chi connectivity index (χ0n) is 12.0. The molecule has 0 aliphatic carbocycles. The molecule has 1 aromatic carbocycles. The van der Waals surface area contributed by atoms with Crippen molar-refractivity contribution in [3.63, 3.8) is 0 Å². The SMILES string of the molecule is CC(C)(C)NCc1cccc(SCC(=O)NC(N)=O)c1. The third kappa shape index (κ3) is 7.16. The van der Waals surface area contributed by atoms with Crippen LogP contribution in [0.25, 0.3) is 0 Å². The molecule has 6 heteroatoms. The molecule has 0 bridgehead atoms. The highest BCUT2D eigenvalue weighted by molar-refractivity contribution is 8.00. The first-order valence-electron chi connectivity index (χ1n) is 6.32. The van der Waals surface area contributed by atoms with Crippen LogP contribution in [0.2, 0.25) is 0 Å². The monoisotopic (exact) mass is 295 g/mol. The van der Waals surface area contributed by atoms with Gasteiger partial charge in [-0.1, -0.05) is 12.1 Å². The summed E-state index contributed by atoms with van der Waals surface area (Å²) in [5.41, 5.74) is 6.09. The van der Waals surface area contributed by atoms with Crippen LogP contribution < -0.4 is 16.4 Å². The van der Waals surface area contributed by atoms with Crippen LogP contribution in [0.15, 0.2) is 29.2 Å². The smallest absolute Gasteiger partial charge is 0.318 e. The van der Waals surface area contributed by atoms with Crippen molar-refractivity contribution < 1.29 is 9.59 Å². The lowest BCUT2D eigenvalue weighted by molar-refractivity contribution is -0.117. The number of thioether (sulfide) groups is 1. The second-order valence-corrected chi connectivity index (χ2v) is 6.50. The molecule has 0 aromatic heterocycles. The summed E-state index contributed by atoms with van der Waals surface area (Å²) in [5.74, 6) is -0.222. The lowest BCUT2D eigenvalue weighted by atomic mass is 10.1. The summed E-state index contributed by atoms with van der Waals surface area (Å²) >= 11 is 1.37. The number of carbonyl (C=O) groups excluding carboxylic acids is 2. The van der Waals surface area contributed by atoms with E-state index in [9.17, 15) is 9.59 Å². The minimum Gasteiger partial charge on any atom is -0.351 e. The number of imide groups is 1. The first-order chi connectivity index (χ1) is 9.26. The second-order valence-electron chi connectivity index (χ2n) is 5.45. The number of amides is 3. The van der Waals surface area contributed by atoms with Crippen LogP contribution in [0.4, 0.5) is 4.79 Å². The van der Waals surface area contributed by atoms with Gasteiger partial charge in [0.2, 0.25) is 5.91 Å². The van der Waals surface area contributed by atoms with Crippen molar-refractivity contribution in [1.82, 2.24) is 10.6 Å². The van der Waals surface area contributed by atoms with Gasteiger partial charge in [-0.15, -0.1) is 11.8 Å². The Kier molecular flexibility index (Phi) is 6.04. The molecule has 1 rings (SSSR count). The second kappa shape index (κ2) is 7.31. The van der Waals surface area contributed by atoms with Gasteiger partial charge in [0.15, 0.2) is 0 Å². The summed E-state index contributed by atoms with van der Waals surface area (Å²) in [4.78, 5) is 22.8. The van der Waals surface area contributed by atoms with Gasteiger partial charge in [-0.05, 0) is 38.5 Å². The topological polar surface area (TPSA) is 84.2 Å². The zero-order chi connectivity index (χ0) is 15.2. The van der Waals surface area contributed by atoms with E-state index in [2.05, 4.69) is 26.1 Å². The minimum absolute atomic E-state index is 0.0600. The van der Waals surface area contributed by atoms with E-state index in [0.29, 0.717) is 0 Å². The Morgan fingerprint density at radius 2 is 2.00 bits per heavy atom. The number of primary amides is 1. The van der Waals surface area contributed by atoms with Crippen LogP contribution in [-0.2, 0) is 11.3 Å². The van der Waals surface area contributed by atoms with Crippen LogP contribution >= 0.6 is 11.8 Å². The first-order valence-corrected chi connectivity index (χ1v) is 7.31. The van der Waals surface area contributed by atoms with E-state index in [4.69, 9.17) is 5.73 Å². The summed E-state index contributed by atoms with van der Waals surface area (Å²) < 4.78 is 0. The van der Waals surface area contributed by atoms with Crippen LogP contribution in [-0.4, -0.2) is 23.2 Å². The van der Waals surface area contributed by atoms with Crippen molar-refractivity contribution in [3.05, 3.63) is 29.8 Å². The van der Waals surface area contributed by atoms with Crippen LogP contribution in [0, 0.1) is 0 Å². The van der Waals surface area contributed by atoms with E-state index in [1.807, 2.05) is 29.6 Å². The van der Waals surface area contributed by atoms with Crippen molar-refractivity contribution in [2.45, 2.75) is 37.8 Å². The third-order valence-electron chi connectivity index (χ3n) is 2.35. The lowest BCUT2D eigenvalue weighted by Crippen LogP contribution is -2.36. The molecule has 4 N–H and O–H groups in total. The van der Waals surface area contributed by atoms with E-state index >= 15 is 0 Å². The quantitative estimate of drug-likeness (QED) is 0.724. The Labute approximate surface area is 123 Å². The van der Waals surface area contributed by atoms with E-state index < -0.39 is 6.03 Å². The molecule has 0 saturated heterocycles. The third-order valence-corrected chi connectivity index (χ3v) is 3.35. The van der Waals surface area contributed by atoms with Crippen LogP contribution in [0.1, 0.15) is 26.3 Å². The number of nitrogens with one attached hydrogen (secondary N) is 2. The van der Waals surface area contributed by atoms with Gasteiger partial charge >= 0.3 is 6.03 Å². The van der Waals surface area contributed by atoms with Crippen molar-refractivity contribution in [1.29, 1.82) is 0 Å². The molecule has 0 unspecified atom stereocenters. The number of carbonyl (C=O) groups is 2. The Balaban J connectivity index is 2.51. The maximum Gasteiger partial charge on any atom is 0.318 e. The minimum atomic E-state index is -0.821. The largest absolute Gasteiger partial charge is 0.351 e. The molecule has 0 radical (unpaired) electrons. The number of urea groups is 1. The first kappa shape index (κ1) is 16.5. The Bertz CT molecular complexity index is 484. The van der Waals surface area contributed by atoms with Gasteiger partial charge in [0.25, 0.3) is 0 Å². The molecule has 110 valence electrons. The molecular formula is C14H21N3O2S. The summed E-state index contributed by atoms with van der Waals surface area (Å²) in [5, 5.41) is 5.45. The summed E-state index contributed by atoms with van der Waals surface area (Å²) in [6, 6.07) is 7.13. The van der Waals surface area contributed by atoms with Crippen LogP contribution in [0.3, 0.4) is 0 Å². The van der Waals surface area contributed by atoms with Crippen molar-refractivity contribution >= 4 is 23.7 Å². The molecule has 1 aromatic rings. The molecule has 3 amide bonds. The molecule has 20 heavy (non-hydrogen) atoms. The number of benzene rings is 1. The predicted molar refractivity (Wildman–Crippen MR) is 81.5 cm³/mol. The van der Waals surface area contributed by atoms with Gasteiger partial charge in [-0.25, -0.2) is 4.79 Å². The fraction of sp³-hybridized carbons (Fsp3) is 0.429. The van der Waals surface area contributed by atoms with Gasteiger partial charge in [0, 0.05) is 17.0 Å². The number of nitrogens with two attached hydrogens (primary N) is 1. The van der Waals surface area contributed by atoms with Crippen molar-refractivity contribution in [2.75, 3.05) is 5.75 Å². The van der Waals surface area contributed by atoms with E-state index in [-0.39, 0.29) is 17.2 Å². The van der Waals surface area contributed by atoms with Crippen molar-refractivity contribution in [3.8, 4) is 0 Å². The average Bonchev–Trinajstić information content (AvgIpc) is 2.33. The Morgan fingerprint density at radius 1 is 1.30 bits per heavy atom. The van der Waals surface area contributed by atoms with E-state index in [0.717, 1.165) is 17.0 Å². The normalized spacial score (nSPS) is 11.2. The van der Waals surface area contributed by atoms with Gasteiger partial charge in [-0.3, -0.25) is 10.1 Å². The number of hydrogen-bond donors (Lipinski definition) is 3. The summed E-state index contributed by atoms with van der Waals surface area (Å²) in [7, 11) is 0. The van der Waals surface area contributed by atoms with Crippen molar-refractivity contribution in [2.24, 2.45) is 5.73 Å². The number of hydrogen-bond acceptors (Lipinski definition) is 4. The molecule has 0 fully saturated rings. The van der Waals surface area contributed by atoms with Gasteiger partial charge in [-0.2, -0.15) is 0 Å². The molecule has 0 heterocycles. The molecule has 0 aliphatic heterocycles. The maximum atomic E-state index is 11.3. The molecule has 5 nitrogen and oxygen atoms in total. The zero-order valence-corrected chi connectivity index (χ0v) is 12.8. The van der Waals surface area contributed by atoms with E-state index in [1.54, 1.807) is 0 Å². The lowest BCUT2D eigenvalue weighted by Gasteiger charge is -2.20. The highest BCUT2D eigenvalue weighted by atomic mass is 32.2. The number of rotatable bonds is 5. The summed E-state index contributed by atoms with van der Waals surface area (Å²) in [6.07, 6.45) is 0. The van der Waals surface area contributed by atoms with Crippen LogP contribution in [0.5, 0.6) is 0 Å². The fourth-order valence-corrected chi connectivity index (χ4v) is 2.21. The Hall–Kier alpha value is -1.53. The average molecular weight is 295 g/mol. The highest BCUT2D eigenvalue weighted by Gasteiger charge is 2.09. The predicted octanol–water partition coefficient (Wildman–Crippen LogP) is 1.86. The summed E-state index contributed by atoms with van der Waals surface area (Å²) in [6.45, 7) is 7.10. The standard InChI is InChI=1S/C14H21N3O2S/c1-14(2,3)16-8-10-5-4-6-11(7-10)20-9-12(18)17-13(15)19/h4-7,16H,8-9H2,1-3H3,(H3,15,17,18,19). The van der Waals surface area contributed by atoms with Gasteiger partial charge in [0.1, 0.15) is 0 Å². The van der Waals surface area contributed by atoms with Gasteiger partial charge < -0.3 is 11.1 Å². The molecule has 0 aliphatic rings. The van der Waals surface area contributed by atoms with Gasteiger partial charge in [0.05, 0.1) is 5.75 Å². The molecule has 0 saturated carbocycles.